The number of aryl methyl sites for hydroxylation is 2. The molecule has 1 aliphatic rings. The number of piperidine rings is 1. The van der Waals surface area contributed by atoms with Gasteiger partial charge in [0.25, 0.3) is 0 Å². The Balaban J connectivity index is 1.64. The normalized spacial score (nSPS) is 19.1. The lowest BCUT2D eigenvalue weighted by Gasteiger charge is -2.32. The predicted octanol–water partition coefficient (Wildman–Crippen LogP) is 2.60. The minimum atomic E-state index is 0.135. The highest BCUT2D eigenvalue weighted by molar-refractivity contribution is 7.15. The van der Waals surface area contributed by atoms with Crippen molar-refractivity contribution in [2.75, 3.05) is 18.0 Å². The minimum Gasteiger partial charge on any atom is -0.458 e. The van der Waals surface area contributed by atoms with E-state index in [4.69, 9.17) is 4.74 Å². The van der Waals surface area contributed by atoms with Crippen LogP contribution < -0.4 is 9.64 Å². The van der Waals surface area contributed by atoms with Crippen LogP contribution in [-0.2, 0) is 0 Å². The highest BCUT2D eigenvalue weighted by Gasteiger charge is 2.23. The van der Waals surface area contributed by atoms with Crippen molar-refractivity contribution in [2.45, 2.75) is 32.8 Å². The molecule has 2 aromatic heterocycles. The number of nitrogens with zero attached hydrogens (tertiary/aromatic N) is 4. The van der Waals surface area contributed by atoms with Crippen molar-refractivity contribution in [1.29, 1.82) is 0 Å². The molecule has 106 valence electrons. The quantitative estimate of drug-likeness (QED) is 0.869. The van der Waals surface area contributed by atoms with Gasteiger partial charge in [-0.05, 0) is 32.3 Å². The molecule has 1 aliphatic heterocycles. The molecule has 0 spiro atoms. The second-order valence-corrected chi connectivity index (χ2v) is 6.34. The van der Waals surface area contributed by atoms with E-state index in [2.05, 4.69) is 26.8 Å². The summed E-state index contributed by atoms with van der Waals surface area (Å²) in [5.74, 6) is 0. The van der Waals surface area contributed by atoms with Gasteiger partial charge in [-0.25, -0.2) is 15.0 Å². The Labute approximate surface area is 122 Å². The molecular formula is C14H18N4OS. The summed E-state index contributed by atoms with van der Waals surface area (Å²) in [6.45, 7) is 5.95. The molecule has 0 saturated carbocycles. The molecule has 0 N–H and O–H groups in total. The van der Waals surface area contributed by atoms with E-state index in [1.807, 2.05) is 13.1 Å². The van der Waals surface area contributed by atoms with Crippen LogP contribution in [0.1, 0.15) is 23.3 Å². The zero-order valence-corrected chi connectivity index (χ0v) is 12.6. The van der Waals surface area contributed by atoms with Crippen LogP contribution in [0.3, 0.4) is 0 Å². The van der Waals surface area contributed by atoms with Gasteiger partial charge in [-0.15, -0.1) is 11.3 Å². The number of thiazole rings is 1. The first kappa shape index (κ1) is 13.3. The molecule has 20 heavy (non-hydrogen) atoms. The lowest BCUT2D eigenvalue weighted by atomic mass is 10.1. The molecule has 0 bridgehead atoms. The largest absolute Gasteiger partial charge is 0.458 e. The molecule has 0 aliphatic carbocycles. The second-order valence-electron chi connectivity index (χ2n) is 5.12. The fourth-order valence-electron chi connectivity index (χ4n) is 2.29. The van der Waals surface area contributed by atoms with Gasteiger partial charge in [0.2, 0.25) is 0 Å². The van der Waals surface area contributed by atoms with Crippen LogP contribution in [0.4, 0.5) is 5.13 Å². The molecule has 1 unspecified atom stereocenters. The van der Waals surface area contributed by atoms with Crippen LogP contribution in [0.2, 0.25) is 0 Å². The van der Waals surface area contributed by atoms with E-state index >= 15 is 0 Å². The van der Waals surface area contributed by atoms with E-state index in [1.165, 1.54) is 4.88 Å². The Morgan fingerprint density at radius 3 is 2.70 bits per heavy atom. The maximum absolute atomic E-state index is 5.88. The summed E-state index contributed by atoms with van der Waals surface area (Å²) < 4.78 is 5.88. The summed E-state index contributed by atoms with van der Waals surface area (Å²) in [7, 11) is 0. The number of aromatic nitrogens is 3. The number of anilines is 1. The van der Waals surface area contributed by atoms with Gasteiger partial charge >= 0.3 is 6.01 Å². The zero-order chi connectivity index (χ0) is 13.9. The predicted molar refractivity (Wildman–Crippen MR) is 79.5 cm³/mol. The number of rotatable bonds is 3. The number of ether oxygens (including phenoxy) is 1. The van der Waals surface area contributed by atoms with Gasteiger partial charge in [0.1, 0.15) is 6.10 Å². The Morgan fingerprint density at radius 1 is 1.20 bits per heavy atom. The first-order chi connectivity index (χ1) is 9.70. The first-order valence-corrected chi connectivity index (χ1v) is 7.65. The molecule has 3 rings (SSSR count). The summed E-state index contributed by atoms with van der Waals surface area (Å²) >= 11 is 1.73. The molecule has 5 nitrogen and oxygen atoms in total. The highest BCUT2D eigenvalue weighted by atomic mass is 32.1. The van der Waals surface area contributed by atoms with E-state index in [0.717, 1.165) is 36.6 Å². The Morgan fingerprint density at radius 2 is 2.00 bits per heavy atom. The number of hydrogen-bond donors (Lipinski definition) is 0. The average molecular weight is 290 g/mol. The van der Waals surface area contributed by atoms with E-state index in [9.17, 15) is 0 Å². The summed E-state index contributed by atoms with van der Waals surface area (Å²) in [5, 5.41) is 1.08. The van der Waals surface area contributed by atoms with Gasteiger partial charge in [-0.3, -0.25) is 0 Å². The smallest absolute Gasteiger partial charge is 0.316 e. The van der Waals surface area contributed by atoms with Crippen LogP contribution in [0.25, 0.3) is 0 Å². The maximum atomic E-state index is 5.88. The molecule has 3 heterocycles. The van der Waals surface area contributed by atoms with Crippen LogP contribution in [0.15, 0.2) is 18.6 Å². The standard InChI is InChI=1S/C14H18N4OS/c1-10-6-15-13(16-7-10)19-12-4-3-5-18(9-12)14-17-8-11(2)20-14/h6-8,12H,3-5,9H2,1-2H3. The summed E-state index contributed by atoms with van der Waals surface area (Å²) in [6, 6.07) is 0.470. The molecule has 1 saturated heterocycles. The van der Waals surface area contributed by atoms with Crippen LogP contribution in [0.5, 0.6) is 6.01 Å². The van der Waals surface area contributed by atoms with E-state index < -0.39 is 0 Å². The van der Waals surface area contributed by atoms with E-state index in [0.29, 0.717) is 6.01 Å². The Kier molecular flexibility index (Phi) is 3.82. The minimum absolute atomic E-state index is 0.135. The Bertz CT molecular complexity index is 569. The third-order valence-corrected chi connectivity index (χ3v) is 4.26. The molecule has 0 amide bonds. The summed E-state index contributed by atoms with van der Waals surface area (Å²) in [4.78, 5) is 16.4. The highest BCUT2D eigenvalue weighted by Crippen LogP contribution is 2.25. The SMILES string of the molecule is Cc1cnc(OC2CCCN(c3ncc(C)s3)C2)nc1. The molecular weight excluding hydrogens is 272 g/mol. The fraction of sp³-hybridized carbons (Fsp3) is 0.500. The van der Waals surface area contributed by atoms with Gasteiger partial charge in [0.15, 0.2) is 5.13 Å². The first-order valence-electron chi connectivity index (χ1n) is 6.83. The maximum Gasteiger partial charge on any atom is 0.316 e. The van der Waals surface area contributed by atoms with Gasteiger partial charge in [0.05, 0.1) is 6.54 Å². The fourth-order valence-corrected chi connectivity index (χ4v) is 3.08. The van der Waals surface area contributed by atoms with Crippen molar-refractivity contribution in [2.24, 2.45) is 0 Å². The lowest BCUT2D eigenvalue weighted by Crippen LogP contribution is -2.41. The van der Waals surface area contributed by atoms with Crippen molar-refractivity contribution in [1.82, 2.24) is 15.0 Å². The monoisotopic (exact) mass is 290 g/mol. The van der Waals surface area contributed by atoms with Crippen LogP contribution >= 0.6 is 11.3 Å². The lowest BCUT2D eigenvalue weighted by molar-refractivity contribution is 0.164. The van der Waals surface area contributed by atoms with Gasteiger partial charge < -0.3 is 9.64 Å². The van der Waals surface area contributed by atoms with E-state index in [1.54, 1.807) is 23.7 Å². The van der Waals surface area contributed by atoms with Gasteiger partial charge in [-0.2, -0.15) is 0 Å². The van der Waals surface area contributed by atoms with Gasteiger partial charge in [-0.1, -0.05) is 0 Å². The molecule has 2 aromatic rings. The topological polar surface area (TPSA) is 51.1 Å². The van der Waals surface area contributed by atoms with Crippen molar-refractivity contribution < 1.29 is 4.74 Å². The summed E-state index contributed by atoms with van der Waals surface area (Å²) in [5.41, 5.74) is 1.04. The van der Waals surface area contributed by atoms with Crippen molar-refractivity contribution >= 4 is 16.5 Å². The van der Waals surface area contributed by atoms with Crippen molar-refractivity contribution in [3.8, 4) is 6.01 Å². The Hall–Kier alpha value is -1.69. The second kappa shape index (κ2) is 5.75. The van der Waals surface area contributed by atoms with Crippen LogP contribution in [0, 0.1) is 13.8 Å². The molecule has 1 fully saturated rings. The van der Waals surface area contributed by atoms with Crippen molar-refractivity contribution in [3.63, 3.8) is 0 Å². The summed E-state index contributed by atoms with van der Waals surface area (Å²) in [6.07, 6.45) is 7.77. The number of hydrogen-bond acceptors (Lipinski definition) is 6. The average Bonchev–Trinajstić information content (AvgIpc) is 2.89. The molecule has 0 aromatic carbocycles. The van der Waals surface area contributed by atoms with E-state index in [-0.39, 0.29) is 6.10 Å². The van der Waals surface area contributed by atoms with Crippen LogP contribution in [-0.4, -0.2) is 34.1 Å². The van der Waals surface area contributed by atoms with Gasteiger partial charge in [0, 0.05) is 30.0 Å². The third-order valence-electron chi connectivity index (χ3n) is 3.29. The zero-order valence-electron chi connectivity index (χ0n) is 11.7. The molecule has 1 atom stereocenters. The molecule has 6 heteroatoms. The van der Waals surface area contributed by atoms with Crippen molar-refractivity contribution in [3.05, 3.63) is 29.0 Å². The molecule has 0 radical (unpaired) electrons. The third kappa shape index (κ3) is 3.07.